The molecule has 1 heterocycles. The molecule has 0 saturated carbocycles. The van der Waals surface area contributed by atoms with Gasteiger partial charge in [-0.3, -0.25) is 5.43 Å². The van der Waals surface area contributed by atoms with E-state index < -0.39 is 0 Å². The van der Waals surface area contributed by atoms with Gasteiger partial charge in [0.1, 0.15) is 10.6 Å². The van der Waals surface area contributed by atoms with Crippen molar-refractivity contribution in [1.82, 2.24) is 4.98 Å². The summed E-state index contributed by atoms with van der Waals surface area (Å²) in [4.78, 5) is 16.5. The van der Waals surface area contributed by atoms with Crippen molar-refractivity contribution in [3.63, 3.8) is 0 Å². The second-order valence-electron chi connectivity index (χ2n) is 4.97. The van der Waals surface area contributed by atoms with Gasteiger partial charge < -0.3 is 18.9 Å². The average molecular weight is 379 g/mol. The molecule has 1 aromatic carbocycles. The number of nitrogens with zero attached hydrogens (tertiary/aromatic N) is 2. The lowest BCUT2D eigenvalue weighted by molar-refractivity contribution is 0.0531. The number of benzene rings is 1. The highest BCUT2D eigenvalue weighted by molar-refractivity contribution is 7.17. The first-order valence-electron chi connectivity index (χ1n) is 7.77. The number of esters is 1. The Labute approximate surface area is 155 Å². The number of carbonyl (C=O) groups excluding carboxylic acids is 1. The van der Waals surface area contributed by atoms with E-state index in [4.69, 9.17) is 18.9 Å². The number of nitrogens with one attached hydrogen (secondary N) is 1. The number of rotatable bonds is 8. The first kappa shape index (κ1) is 19.5. The van der Waals surface area contributed by atoms with Gasteiger partial charge in [-0.05, 0) is 19.9 Å². The van der Waals surface area contributed by atoms with Crippen LogP contribution in [0.15, 0.2) is 17.2 Å². The number of aryl methyl sites for hydroxylation is 1. The van der Waals surface area contributed by atoms with Crippen molar-refractivity contribution in [1.29, 1.82) is 0 Å². The normalized spacial score (nSPS) is 10.7. The lowest BCUT2D eigenvalue weighted by Gasteiger charge is -2.11. The lowest BCUT2D eigenvalue weighted by Crippen LogP contribution is -2.03. The predicted octanol–water partition coefficient (Wildman–Crippen LogP) is 3.10. The van der Waals surface area contributed by atoms with E-state index in [0.717, 1.165) is 0 Å². The molecule has 8 nitrogen and oxygen atoms in total. The van der Waals surface area contributed by atoms with Crippen LogP contribution in [0.1, 0.15) is 27.9 Å². The summed E-state index contributed by atoms with van der Waals surface area (Å²) >= 11 is 1.18. The molecule has 9 heteroatoms. The summed E-state index contributed by atoms with van der Waals surface area (Å²) in [5, 5.41) is 4.64. The van der Waals surface area contributed by atoms with Crippen molar-refractivity contribution < 1.29 is 23.7 Å². The highest BCUT2D eigenvalue weighted by Crippen LogP contribution is 2.33. The van der Waals surface area contributed by atoms with Crippen LogP contribution in [0.4, 0.5) is 5.13 Å². The zero-order valence-corrected chi connectivity index (χ0v) is 16.1. The molecule has 0 aliphatic carbocycles. The molecule has 0 aliphatic rings. The number of carbonyl (C=O) groups is 1. The minimum Gasteiger partial charge on any atom is -0.496 e. The molecule has 26 heavy (non-hydrogen) atoms. The zero-order valence-electron chi connectivity index (χ0n) is 15.3. The van der Waals surface area contributed by atoms with E-state index in [-0.39, 0.29) is 5.97 Å². The Morgan fingerprint density at radius 2 is 1.85 bits per heavy atom. The largest absolute Gasteiger partial charge is 0.496 e. The van der Waals surface area contributed by atoms with Gasteiger partial charge in [-0.2, -0.15) is 5.10 Å². The van der Waals surface area contributed by atoms with Crippen LogP contribution in [0.5, 0.6) is 17.2 Å². The third-order valence-corrected chi connectivity index (χ3v) is 4.40. The molecule has 0 unspecified atom stereocenters. The van der Waals surface area contributed by atoms with Gasteiger partial charge in [-0.15, -0.1) is 0 Å². The van der Waals surface area contributed by atoms with Gasteiger partial charge in [0.05, 0.1) is 39.8 Å². The SMILES string of the molecule is CCOC(=O)c1sc(N/N=C\c2cc(OC)c(OC)cc2OC)nc1C. The number of aromatic nitrogens is 1. The van der Waals surface area contributed by atoms with Gasteiger partial charge in [-0.25, -0.2) is 9.78 Å². The monoisotopic (exact) mass is 379 g/mol. The number of thiazole rings is 1. The summed E-state index contributed by atoms with van der Waals surface area (Å²) in [6, 6.07) is 3.46. The Morgan fingerprint density at radius 1 is 1.19 bits per heavy atom. The van der Waals surface area contributed by atoms with Crippen LogP contribution >= 0.6 is 11.3 Å². The standard InChI is InChI=1S/C17H21N3O5S/c1-6-25-16(21)15-10(2)19-17(26-15)20-18-9-11-7-13(23-4)14(24-5)8-12(11)22-3/h7-9H,6H2,1-5H3,(H,19,20)/b18-9-. The van der Waals surface area contributed by atoms with Crippen LogP contribution in [0.2, 0.25) is 0 Å². The van der Waals surface area contributed by atoms with Gasteiger partial charge >= 0.3 is 5.97 Å². The highest BCUT2D eigenvalue weighted by atomic mass is 32.1. The van der Waals surface area contributed by atoms with Crippen LogP contribution in [-0.2, 0) is 4.74 Å². The molecule has 2 aromatic rings. The molecule has 2 rings (SSSR count). The second-order valence-corrected chi connectivity index (χ2v) is 5.97. The van der Waals surface area contributed by atoms with Gasteiger partial charge in [0, 0.05) is 11.6 Å². The number of ether oxygens (including phenoxy) is 4. The van der Waals surface area contributed by atoms with Crippen LogP contribution in [0.25, 0.3) is 0 Å². The van der Waals surface area contributed by atoms with Crippen molar-refractivity contribution in [2.75, 3.05) is 33.4 Å². The Kier molecular flexibility index (Phi) is 6.79. The third kappa shape index (κ3) is 4.42. The molecule has 0 radical (unpaired) electrons. The van der Waals surface area contributed by atoms with Gasteiger partial charge in [-0.1, -0.05) is 11.3 Å². The second kappa shape index (κ2) is 9.04. The smallest absolute Gasteiger partial charge is 0.350 e. The maximum absolute atomic E-state index is 11.8. The van der Waals surface area contributed by atoms with Crippen molar-refractivity contribution in [2.45, 2.75) is 13.8 Å². The van der Waals surface area contributed by atoms with E-state index in [1.807, 2.05) is 0 Å². The average Bonchev–Trinajstić information content (AvgIpc) is 3.02. The summed E-state index contributed by atoms with van der Waals surface area (Å²) in [5.74, 6) is 1.31. The van der Waals surface area contributed by atoms with Gasteiger partial charge in [0.25, 0.3) is 0 Å². The van der Waals surface area contributed by atoms with Gasteiger partial charge in [0.15, 0.2) is 11.5 Å². The quantitative estimate of drug-likeness (QED) is 0.428. The van der Waals surface area contributed by atoms with E-state index in [9.17, 15) is 4.79 Å². The van der Waals surface area contributed by atoms with Crippen LogP contribution < -0.4 is 19.6 Å². The van der Waals surface area contributed by atoms with E-state index in [2.05, 4.69) is 15.5 Å². The Morgan fingerprint density at radius 3 is 2.46 bits per heavy atom. The van der Waals surface area contributed by atoms with Gasteiger partial charge in [0.2, 0.25) is 5.13 Å². The molecular formula is C17H21N3O5S. The zero-order chi connectivity index (χ0) is 19.1. The van der Waals surface area contributed by atoms with Crippen molar-refractivity contribution in [3.8, 4) is 17.2 Å². The number of hydrogen-bond acceptors (Lipinski definition) is 9. The van der Waals surface area contributed by atoms with Crippen LogP contribution in [-0.4, -0.2) is 45.1 Å². The molecule has 0 fully saturated rings. The Hall–Kier alpha value is -2.81. The van der Waals surface area contributed by atoms with Crippen molar-refractivity contribution >= 4 is 28.7 Å². The van der Waals surface area contributed by atoms with E-state index in [0.29, 0.717) is 45.1 Å². The Bertz CT molecular complexity index is 804. The number of hydrogen-bond donors (Lipinski definition) is 1. The summed E-state index contributed by atoms with van der Waals surface area (Å²) in [7, 11) is 4.67. The highest BCUT2D eigenvalue weighted by Gasteiger charge is 2.16. The van der Waals surface area contributed by atoms with E-state index in [1.54, 1.807) is 53.5 Å². The first-order chi connectivity index (χ1) is 12.5. The van der Waals surface area contributed by atoms with Crippen LogP contribution in [0, 0.1) is 6.92 Å². The number of anilines is 1. The molecule has 0 aliphatic heterocycles. The predicted molar refractivity (Wildman–Crippen MR) is 100 cm³/mol. The fourth-order valence-corrected chi connectivity index (χ4v) is 2.95. The fourth-order valence-electron chi connectivity index (χ4n) is 2.14. The van der Waals surface area contributed by atoms with Crippen LogP contribution in [0.3, 0.4) is 0 Å². The molecule has 1 N–H and O–H groups in total. The molecule has 0 saturated heterocycles. The molecule has 0 bridgehead atoms. The third-order valence-electron chi connectivity index (χ3n) is 3.36. The minimum atomic E-state index is -0.388. The number of methoxy groups -OCH3 is 3. The van der Waals surface area contributed by atoms with Crippen molar-refractivity contribution in [3.05, 3.63) is 28.3 Å². The maximum Gasteiger partial charge on any atom is 0.350 e. The summed E-state index contributed by atoms with van der Waals surface area (Å²) in [6.07, 6.45) is 1.57. The molecule has 1 aromatic heterocycles. The topological polar surface area (TPSA) is 91.3 Å². The fraction of sp³-hybridized carbons (Fsp3) is 0.353. The minimum absolute atomic E-state index is 0.316. The van der Waals surface area contributed by atoms with E-state index >= 15 is 0 Å². The molecule has 0 atom stereocenters. The molecule has 0 amide bonds. The molecular weight excluding hydrogens is 358 g/mol. The summed E-state index contributed by atoms with van der Waals surface area (Å²) < 4.78 is 20.9. The lowest BCUT2D eigenvalue weighted by atomic mass is 10.2. The molecule has 140 valence electrons. The molecule has 0 spiro atoms. The van der Waals surface area contributed by atoms with Crippen molar-refractivity contribution in [2.24, 2.45) is 5.10 Å². The summed E-state index contributed by atoms with van der Waals surface area (Å²) in [6.45, 7) is 3.82. The number of hydrazone groups is 1. The first-order valence-corrected chi connectivity index (χ1v) is 8.59. The summed E-state index contributed by atoms with van der Waals surface area (Å²) in [5.41, 5.74) is 4.09. The Balaban J connectivity index is 2.18. The van der Waals surface area contributed by atoms with E-state index in [1.165, 1.54) is 11.3 Å². The maximum atomic E-state index is 11.8.